The Morgan fingerprint density at radius 3 is 2.48 bits per heavy atom. The van der Waals surface area contributed by atoms with Crippen LogP contribution in [0.25, 0.3) is 0 Å². The summed E-state index contributed by atoms with van der Waals surface area (Å²) in [7, 11) is 0. The molecule has 5 nitrogen and oxygen atoms in total. The first-order valence-corrected chi connectivity index (χ1v) is 10.2. The molecule has 0 spiro atoms. The third kappa shape index (κ3) is 7.09. The fraction of sp³-hybridized carbons (Fsp3) is 0.391. The highest BCUT2D eigenvalue weighted by Gasteiger charge is 2.26. The molecule has 0 aromatic heterocycles. The van der Waals surface area contributed by atoms with Gasteiger partial charge in [-0.1, -0.05) is 67.4 Å². The first-order chi connectivity index (χ1) is 13.8. The van der Waals surface area contributed by atoms with Gasteiger partial charge in [0.2, 0.25) is 5.91 Å². The molecule has 0 unspecified atom stereocenters. The molecular formula is C23H29ClN2O3. The minimum Gasteiger partial charge on any atom is -0.482 e. The molecule has 0 aliphatic heterocycles. The van der Waals surface area contributed by atoms with E-state index in [0.717, 1.165) is 11.1 Å². The zero-order valence-electron chi connectivity index (χ0n) is 17.4. The lowest BCUT2D eigenvalue weighted by atomic mass is 10.1. The molecule has 1 atom stereocenters. The van der Waals surface area contributed by atoms with E-state index in [9.17, 15) is 9.59 Å². The lowest BCUT2D eigenvalue weighted by Gasteiger charge is -2.29. The number of nitrogens with one attached hydrogen (secondary N) is 1. The molecule has 6 heteroatoms. The van der Waals surface area contributed by atoms with Crippen LogP contribution in [0.2, 0.25) is 5.02 Å². The largest absolute Gasteiger partial charge is 0.482 e. The van der Waals surface area contributed by atoms with Crippen LogP contribution in [0.1, 0.15) is 31.9 Å². The van der Waals surface area contributed by atoms with Crippen molar-refractivity contribution in [3.8, 4) is 5.75 Å². The normalized spacial score (nSPS) is 11.8. The summed E-state index contributed by atoms with van der Waals surface area (Å²) < 4.78 is 5.61. The lowest BCUT2D eigenvalue weighted by molar-refractivity contribution is -0.142. The number of carbonyl (C=O) groups is 2. The van der Waals surface area contributed by atoms with Crippen molar-refractivity contribution >= 4 is 23.4 Å². The van der Waals surface area contributed by atoms with Crippen molar-refractivity contribution in [3.63, 3.8) is 0 Å². The lowest BCUT2D eigenvalue weighted by Crippen LogP contribution is -2.49. The number of hydrogen-bond donors (Lipinski definition) is 1. The maximum Gasteiger partial charge on any atom is 0.261 e. The molecule has 0 aliphatic carbocycles. The van der Waals surface area contributed by atoms with Crippen molar-refractivity contribution in [1.82, 2.24) is 10.2 Å². The topological polar surface area (TPSA) is 58.6 Å². The first-order valence-electron chi connectivity index (χ1n) is 9.78. The number of hydrogen-bond acceptors (Lipinski definition) is 3. The van der Waals surface area contributed by atoms with Crippen molar-refractivity contribution in [2.75, 3.05) is 13.2 Å². The van der Waals surface area contributed by atoms with Gasteiger partial charge < -0.3 is 15.0 Å². The second-order valence-electron chi connectivity index (χ2n) is 7.54. The molecule has 0 fully saturated rings. The van der Waals surface area contributed by atoms with Crippen LogP contribution < -0.4 is 10.1 Å². The second-order valence-corrected chi connectivity index (χ2v) is 7.95. The number of para-hydroxylation sites is 1. The molecule has 2 aromatic rings. The second kappa shape index (κ2) is 10.9. The number of amides is 2. The molecule has 0 radical (unpaired) electrons. The van der Waals surface area contributed by atoms with E-state index < -0.39 is 6.04 Å². The van der Waals surface area contributed by atoms with Crippen LogP contribution >= 0.6 is 11.6 Å². The predicted molar refractivity (Wildman–Crippen MR) is 116 cm³/mol. The number of nitrogens with zero attached hydrogens (tertiary/aromatic N) is 1. The summed E-state index contributed by atoms with van der Waals surface area (Å²) in [6, 6.07) is 14.3. The SMILES string of the molecule is Cc1cccc(CN(C(=O)COc2ccccc2Cl)[C@H](C)C(=O)NCC(C)C)c1. The Bertz CT molecular complexity index is 838. The quantitative estimate of drug-likeness (QED) is 0.665. The number of ether oxygens (including phenoxy) is 1. The molecule has 1 N–H and O–H groups in total. The van der Waals surface area contributed by atoms with Gasteiger partial charge in [0.05, 0.1) is 5.02 Å². The van der Waals surface area contributed by atoms with Crippen LogP contribution in [-0.2, 0) is 16.1 Å². The highest BCUT2D eigenvalue weighted by molar-refractivity contribution is 6.32. The molecule has 0 bridgehead atoms. The average Bonchev–Trinajstić information content (AvgIpc) is 2.69. The molecule has 2 aromatic carbocycles. The highest BCUT2D eigenvalue weighted by atomic mass is 35.5. The van der Waals surface area contributed by atoms with E-state index in [0.29, 0.717) is 29.8 Å². The van der Waals surface area contributed by atoms with Crippen LogP contribution in [0.4, 0.5) is 0 Å². The van der Waals surface area contributed by atoms with Crippen molar-refractivity contribution in [3.05, 3.63) is 64.7 Å². The molecule has 2 rings (SSSR count). The van der Waals surface area contributed by atoms with Crippen molar-refractivity contribution < 1.29 is 14.3 Å². The van der Waals surface area contributed by atoms with Gasteiger partial charge in [-0.05, 0) is 37.5 Å². The van der Waals surface area contributed by atoms with E-state index in [1.165, 1.54) is 0 Å². The van der Waals surface area contributed by atoms with Crippen LogP contribution in [0.3, 0.4) is 0 Å². The Balaban J connectivity index is 2.14. The summed E-state index contributed by atoms with van der Waals surface area (Å²) in [5.74, 6) is 0.307. The van der Waals surface area contributed by atoms with Crippen molar-refractivity contribution in [2.45, 2.75) is 40.3 Å². The van der Waals surface area contributed by atoms with E-state index in [1.54, 1.807) is 36.1 Å². The summed E-state index contributed by atoms with van der Waals surface area (Å²) in [6.45, 7) is 8.47. The highest BCUT2D eigenvalue weighted by Crippen LogP contribution is 2.23. The minimum atomic E-state index is -0.628. The summed E-state index contributed by atoms with van der Waals surface area (Å²) in [6.07, 6.45) is 0. The van der Waals surface area contributed by atoms with Gasteiger partial charge >= 0.3 is 0 Å². The maximum absolute atomic E-state index is 13.0. The van der Waals surface area contributed by atoms with Gasteiger partial charge in [0.1, 0.15) is 11.8 Å². The number of carbonyl (C=O) groups excluding carboxylic acids is 2. The summed E-state index contributed by atoms with van der Waals surface area (Å²) in [4.78, 5) is 27.1. The Morgan fingerprint density at radius 1 is 1.10 bits per heavy atom. The minimum absolute atomic E-state index is 0.183. The monoisotopic (exact) mass is 416 g/mol. The number of halogens is 1. The van der Waals surface area contributed by atoms with E-state index in [-0.39, 0.29) is 18.4 Å². The van der Waals surface area contributed by atoms with E-state index in [1.807, 2.05) is 45.0 Å². The van der Waals surface area contributed by atoms with Gasteiger partial charge in [-0.2, -0.15) is 0 Å². The third-order valence-corrected chi connectivity index (χ3v) is 4.79. The van der Waals surface area contributed by atoms with E-state index in [4.69, 9.17) is 16.3 Å². The predicted octanol–water partition coefficient (Wildman–Crippen LogP) is 4.22. The average molecular weight is 417 g/mol. The van der Waals surface area contributed by atoms with Crippen molar-refractivity contribution in [1.29, 1.82) is 0 Å². The van der Waals surface area contributed by atoms with Crippen LogP contribution in [0, 0.1) is 12.8 Å². The molecule has 0 heterocycles. The molecule has 29 heavy (non-hydrogen) atoms. The molecule has 0 aliphatic rings. The van der Waals surface area contributed by atoms with Gasteiger partial charge in [0, 0.05) is 13.1 Å². The number of rotatable bonds is 9. The number of aryl methyl sites for hydroxylation is 1. The summed E-state index contributed by atoms with van der Waals surface area (Å²) in [5.41, 5.74) is 2.05. The van der Waals surface area contributed by atoms with Gasteiger partial charge in [-0.3, -0.25) is 9.59 Å². The third-order valence-electron chi connectivity index (χ3n) is 4.48. The van der Waals surface area contributed by atoms with Gasteiger partial charge in [0.15, 0.2) is 6.61 Å². The molecule has 156 valence electrons. The summed E-state index contributed by atoms with van der Waals surface area (Å²) >= 11 is 6.10. The van der Waals surface area contributed by atoms with Gasteiger partial charge in [-0.25, -0.2) is 0 Å². The molecule has 2 amide bonds. The zero-order valence-corrected chi connectivity index (χ0v) is 18.2. The Morgan fingerprint density at radius 2 is 1.83 bits per heavy atom. The van der Waals surface area contributed by atoms with Crippen molar-refractivity contribution in [2.24, 2.45) is 5.92 Å². The number of benzene rings is 2. The van der Waals surface area contributed by atoms with E-state index in [2.05, 4.69) is 5.32 Å². The van der Waals surface area contributed by atoms with E-state index >= 15 is 0 Å². The van der Waals surface area contributed by atoms with Gasteiger partial charge in [-0.15, -0.1) is 0 Å². The fourth-order valence-corrected chi connectivity index (χ4v) is 3.02. The standard InChI is InChI=1S/C23H29ClN2O3/c1-16(2)13-25-23(28)18(4)26(14-19-9-7-8-17(3)12-19)22(27)15-29-21-11-6-5-10-20(21)24/h5-12,16,18H,13-15H2,1-4H3,(H,25,28)/t18-/m1/s1. The molecule has 0 saturated carbocycles. The first kappa shape index (κ1) is 22.8. The fourth-order valence-electron chi connectivity index (χ4n) is 2.83. The summed E-state index contributed by atoms with van der Waals surface area (Å²) in [5, 5.41) is 3.34. The smallest absolute Gasteiger partial charge is 0.261 e. The Labute approximate surface area is 178 Å². The molecule has 0 saturated heterocycles. The zero-order chi connectivity index (χ0) is 21.4. The molecular weight excluding hydrogens is 388 g/mol. The van der Waals surface area contributed by atoms with Crippen LogP contribution in [0.15, 0.2) is 48.5 Å². The van der Waals surface area contributed by atoms with Gasteiger partial charge in [0.25, 0.3) is 5.91 Å². The van der Waals surface area contributed by atoms with Crippen LogP contribution in [0.5, 0.6) is 5.75 Å². The Hall–Kier alpha value is -2.53. The maximum atomic E-state index is 13.0. The Kier molecular flexibility index (Phi) is 8.52. The van der Waals surface area contributed by atoms with Crippen LogP contribution in [-0.4, -0.2) is 35.9 Å².